The van der Waals surface area contributed by atoms with Crippen molar-refractivity contribution in [3.63, 3.8) is 0 Å². The number of rotatable bonds is 14. The van der Waals surface area contributed by atoms with Crippen LogP contribution in [-0.4, -0.2) is 64.1 Å². The molecule has 2 fully saturated rings. The van der Waals surface area contributed by atoms with E-state index in [2.05, 4.69) is 98.8 Å². The topological polar surface area (TPSA) is 62.0 Å². The molecule has 0 amide bonds. The van der Waals surface area contributed by atoms with Gasteiger partial charge in [-0.25, -0.2) is 0 Å². The van der Waals surface area contributed by atoms with Crippen LogP contribution in [-0.2, 0) is 24.4 Å². The molecule has 0 radical (unpaired) electrons. The van der Waals surface area contributed by atoms with Crippen molar-refractivity contribution in [3.8, 4) is 22.6 Å². The van der Waals surface area contributed by atoms with Gasteiger partial charge in [0.25, 0.3) is 0 Å². The van der Waals surface area contributed by atoms with Crippen molar-refractivity contribution in [3.05, 3.63) is 118 Å². The highest BCUT2D eigenvalue weighted by Gasteiger charge is 2.47. The molecule has 2 aliphatic heterocycles. The van der Waals surface area contributed by atoms with Gasteiger partial charge >= 0.3 is 0 Å². The highest BCUT2D eigenvalue weighted by atomic mass is 16.6. The fourth-order valence-corrected chi connectivity index (χ4v) is 6.65. The molecule has 3 aliphatic rings. The largest absolute Gasteiger partial charge is 0.491 e. The molecule has 4 aromatic rings. The summed E-state index contributed by atoms with van der Waals surface area (Å²) in [4.78, 5) is 0. The standard InChI is InChI=1S/C39H42O6/c1-25-17-29(42-19-27(3)40-21-31-23-44-31)13-15-35(25)39(37-11-7-5-9-33(37)34-10-6-8-12-38(34)39)36-16-14-30(18-26(36)2)43-20-28(4)41-22-32-24-45-32/h5-18,27-28,31-32H,19-24H2,1-4H3. The number of epoxide rings is 2. The van der Waals surface area contributed by atoms with E-state index in [-0.39, 0.29) is 24.4 Å². The van der Waals surface area contributed by atoms with Crippen molar-refractivity contribution in [1.29, 1.82) is 0 Å². The summed E-state index contributed by atoms with van der Waals surface area (Å²) in [7, 11) is 0. The lowest BCUT2D eigenvalue weighted by Gasteiger charge is -2.36. The molecule has 0 bridgehead atoms. The summed E-state index contributed by atoms with van der Waals surface area (Å²) in [6.45, 7) is 12.3. The van der Waals surface area contributed by atoms with Crippen LogP contribution in [0.15, 0.2) is 84.9 Å². The second kappa shape index (κ2) is 12.6. The SMILES string of the molecule is Cc1cc(OCC(C)OCC2CO2)ccc1C1(c2ccc(OCC(C)OCC3CO3)cc2C)c2ccccc2-c2ccccc21. The van der Waals surface area contributed by atoms with Gasteiger partial charge in [0.15, 0.2) is 0 Å². The third-order valence-corrected chi connectivity index (χ3v) is 9.06. The smallest absolute Gasteiger partial charge is 0.119 e. The molecule has 0 N–H and O–H groups in total. The molecule has 4 unspecified atom stereocenters. The third kappa shape index (κ3) is 6.12. The van der Waals surface area contributed by atoms with Gasteiger partial charge in [-0.15, -0.1) is 0 Å². The number of fused-ring (bicyclic) bond motifs is 3. The predicted octanol–water partition coefficient (Wildman–Crippen LogP) is 7.03. The van der Waals surface area contributed by atoms with Crippen molar-refractivity contribution in [1.82, 2.24) is 0 Å². The average Bonchev–Trinajstić information content (AvgIpc) is 3.99. The Hall–Kier alpha value is -3.68. The predicted molar refractivity (Wildman–Crippen MR) is 175 cm³/mol. The first-order chi connectivity index (χ1) is 21.9. The lowest BCUT2D eigenvalue weighted by Crippen LogP contribution is -2.30. The molecule has 6 nitrogen and oxygen atoms in total. The Labute approximate surface area is 266 Å². The first-order valence-electron chi connectivity index (χ1n) is 16.1. The molecule has 4 atom stereocenters. The molecule has 1 aliphatic carbocycles. The Morgan fingerprint density at radius 2 is 1.04 bits per heavy atom. The summed E-state index contributed by atoms with van der Waals surface area (Å²) in [5.74, 6) is 1.68. The zero-order valence-electron chi connectivity index (χ0n) is 26.6. The van der Waals surface area contributed by atoms with Crippen molar-refractivity contribution in [2.45, 2.75) is 57.5 Å². The maximum Gasteiger partial charge on any atom is 0.119 e. The molecule has 45 heavy (non-hydrogen) atoms. The third-order valence-electron chi connectivity index (χ3n) is 9.06. The number of ether oxygens (including phenoxy) is 6. The van der Waals surface area contributed by atoms with E-state index in [1.807, 2.05) is 13.8 Å². The molecule has 2 heterocycles. The highest BCUT2D eigenvalue weighted by molar-refractivity contribution is 5.87. The van der Waals surface area contributed by atoms with Gasteiger partial charge in [-0.3, -0.25) is 0 Å². The van der Waals surface area contributed by atoms with E-state index in [0.29, 0.717) is 26.4 Å². The Morgan fingerprint density at radius 1 is 0.622 bits per heavy atom. The number of hydrogen-bond donors (Lipinski definition) is 0. The molecular formula is C39H42O6. The van der Waals surface area contributed by atoms with Gasteiger partial charge in [0.2, 0.25) is 0 Å². The number of aryl methyl sites for hydroxylation is 2. The number of hydrogen-bond acceptors (Lipinski definition) is 6. The lowest BCUT2D eigenvalue weighted by atomic mass is 9.65. The van der Waals surface area contributed by atoms with Crippen LogP contribution in [0.4, 0.5) is 0 Å². The average molecular weight is 607 g/mol. The van der Waals surface area contributed by atoms with Gasteiger partial charge in [0.1, 0.15) is 36.9 Å². The zero-order valence-corrected chi connectivity index (χ0v) is 26.6. The van der Waals surface area contributed by atoms with Crippen LogP contribution >= 0.6 is 0 Å². The Morgan fingerprint density at radius 3 is 1.44 bits per heavy atom. The quantitative estimate of drug-likeness (QED) is 0.127. The van der Waals surface area contributed by atoms with Crippen LogP contribution in [0, 0.1) is 13.8 Å². The van der Waals surface area contributed by atoms with Crippen molar-refractivity contribution < 1.29 is 28.4 Å². The molecule has 234 valence electrons. The molecule has 6 heteroatoms. The summed E-state index contributed by atoms with van der Waals surface area (Å²) < 4.78 is 34.7. The van der Waals surface area contributed by atoms with Crippen LogP contribution < -0.4 is 9.47 Å². The minimum Gasteiger partial charge on any atom is -0.491 e. The minimum atomic E-state index is -0.500. The van der Waals surface area contributed by atoms with Gasteiger partial charge < -0.3 is 28.4 Å². The van der Waals surface area contributed by atoms with Gasteiger partial charge in [0.05, 0.1) is 44.1 Å². The van der Waals surface area contributed by atoms with E-state index in [1.165, 1.54) is 44.5 Å². The molecule has 2 saturated heterocycles. The molecule has 0 spiro atoms. The molecule has 7 rings (SSSR count). The van der Waals surface area contributed by atoms with E-state index in [4.69, 9.17) is 28.4 Å². The maximum atomic E-state index is 6.22. The van der Waals surface area contributed by atoms with Gasteiger partial charge in [-0.2, -0.15) is 0 Å². The lowest BCUT2D eigenvalue weighted by molar-refractivity contribution is 0.0241. The molecule has 0 aromatic heterocycles. The van der Waals surface area contributed by atoms with Crippen LogP contribution in [0.5, 0.6) is 11.5 Å². The number of benzene rings is 4. The first kappa shape index (κ1) is 30.0. The van der Waals surface area contributed by atoms with Gasteiger partial charge in [-0.1, -0.05) is 60.7 Å². The van der Waals surface area contributed by atoms with Crippen molar-refractivity contribution in [2.24, 2.45) is 0 Å². The second-order valence-corrected chi connectivity index (χ2v) is 12.6. The summed E-state index contributed by atoms with van der Waals surface area (Å²) in [6.07, 6.45) is 0.464. The van der Waals surface area contributed by atoms with E-state index in [0.717, 1.165) is 24.7 Å². The van der Waals surface area contributed by atoms with E-state index in [1.54, 1.807) is 0 Å². The van der Waals surface area contributed by atoms with E-state index >= 15 is 0 Å². The minimum absolute atomic E-state index is 0.0146. The van der Waals surface area contributed by atoms with Crippen LogP contribution in [0.3, 0.4) is 0 Å². The summed E-state index contributed by atoms with van der Waals surface area (Å²) in [5, 5.41) is 0. The fraction of sp³-hybridized carbons (Fsp3) is 0.385. The van der Waals surface area contributed by atoms with E-state index < -0.39 is 5.41 Å². The van der Waals surface area contributed by atoms with Crippen LogP contribution in [0.1, 0.15) is 47.2 Å². The van der Waals surface area contributed by atoms with Crippen molar-refractivity contribution >= 4 is 0 Å². The van der Waals surface area contributed by atoms with Crippen molar-refractivity contribution in [2.75, 3.05) is 39.6 Å². The Balaban J connectivity index is 1.23. The summed E-state index contributed by atoms with van der Waals surface area (Å²) in [6, 6.07) is 30.7. The normalized spacial score (nSPS) is 20.2. The molecule has 4 aromatic carbocycles. The summed E-state index contributed by atoms with van der Waals surface area (Å²) >= 11 is 0. The zero-order chi connectivity index (χ0) is 31.0. The highest BCUT2D eigenvalue weighted by Crippen LogP contribution is 2.57. The van der Waals surface area contributed by atoms with Crippen LogP contribution in [0.25, 0.3) is 11.1 Å². The Kier molecular flexibility index (Phi) is 8.40. The van der Waals surface area contributed by atoms with Crippen LogP contribution in [0.2, 0.25) is 0 Å². The second-order valence-electron chi connectivity index (χ2n) is 12.6. The van der Waals surface area contributed by atoms with Gasteiger partial charge in [-0.05, 0) is 96.5 Å². The fourth-order valence-electron chi connectivity index (χ4n) is 6.65. The summed E-state index contributed by atoms with van der Waals surface area (Å²) in [5.41, 5.74) is 9.43. The molecular weight excluding hydrogens is 564 g/mol. The maximum absolute atomic E-state index is 6.22. The first-order valence-corrected chi connectivity index (χ1v) is 16.1. The Bertz CT molecular complexity index is 1530. The monoisotopic (exact) mass is 606 g/mol. The van der Waals surface area contributed by atoms with E-state index in [9.17, 15) is 0 Å². The molecule has 0 saturated carbocycles. The van der Waals surface area contributed by atoms with Gasteiger partial charge in [0, 0.05) is 0 Å².